The topological polar surface area (TPSA) is 109 Å². The van der Waals surface area contributed by atoms with Gasteiger partial charge in [-0.15, -0.1) is 11.3 Å². The molecule has 0 aromatic carbocycles. The average molecular weight is 322 g/mol. The summed E-state index contributed by atoms with van der Waals surface area (Å²) in [7, 11) is 1.65. The molecule has 116 valence electrons. The molecule has 0 saturated carbocycles. The molecule has 0 saturated heterocycles. The zero-order chi connectivity index (χ0) is 16.3. The number of aromatic carboxylic acids is 1. The lowest BCUT2D eigenvalue weighted by Gasteiger charge is -2.15. The van der Waals surface area contributed by atoms with E-state index in [0.29, 0.717) is 10.8 Å². The summed E-state index contributed by atoms with van der Waals surface area (Å²) in [6.07, 6.45) is 3.45. The second-order valence-electron chi connectivity index (χ2n) is 4.50. The highest BCUT2D eigenvalue weighted by Crippen LogP contribution is 2.42. The normalized spacial score (nSPS) is 10.5. The fourth-order valence-electron chi connectivity index (χ4n) is 2.09. The molecule has 2 rings (SSSR count). The van der Waals surface area contributed by atoms with Crippen molar-refractivity contribution in [2.24, 2.45) is 0 Å². The number of nitrogens with zero attached hydrogens (tertiary/aromatic N) is 4. The van der Waals surface area contributed by atoms with Crippen LogP contribution in [0.2, 0.25) is 0 Å². The fraction of sp³-hybridized carbons (Fsp3) is 0.308. The zero-order valence-corrected chi connectivity index (χ0v) is 12.8. The van der Waals surface area contributed by atoms with Crippen molar-refractivity contribution < 1.29 is 14.8 Å². The Morgan fingerprint density at radius 1 is 1.45 bits per heavy atom. The number of nitro groups is 1. The second kappa shape index (κ2) is 6.48. The molecule has 22 heavy (non-hydrogen) atoms. The summed E-state index contributed by atoms with van der Waals surface area (Å²) in [6, 6.07) is 1.68. The van der Waals surface area contributed by atoms with Gasteiger partial charge in [-0.3, -0.25) is 10.1 Å². The number of anilines is 1. The van der Waals surface area contributed by atoms with E-state index in [1.54, 1.807) is 37.3 Å². The Morgan fingerprint density at radius 2 is 2.09 bits per heavy atom. The molecule has 2 aromatic rings. The maximum Gasteiger partial charge on any atom is 0.346 e. The van der Waals surface area contributed by atoms with Crippen molar-refractivity contribution in [1.29, 1.82) is 0 Å². The minimum atomic E-state index is -1.15. The van der Waals surface area contributed by atoms with Gasteiger partial charge in [0.1, 0.15) is 10.7 Å². The van der Waals surface area contributed by atoms with Crippen molar-refractivity contribution >= 4 is 28.0 Å². The molecule has 9 heteroatoms. The van der Waals surface area contributed by atoms with Crippen molar-refractivity contribution in [2.45, 2.75) is 19.9 Å². The highest BCUT2D eigenvalue weighted by atomic mass is 32.1. The van der Waals surface area contributed by atoms with Crippen LogP contribution in [-0.4, -0.2) is 33.0 Å². The van der Waals surface area contributed by atoms with Crippen molar-refractivity contribution in [2.75, 3.05) is 11.9 Å². The Morgan fingerprint density at radius 3 is 2.59 bits per heavy atom. The third-order valence-electron chi connectivity index (χ3n) is 3.04. The van der Waals surface area contributed by atoms with Crippen LogP contribution >= 0.6 is 11.3 Å². The van der Waals surface area contributed by atoms with Gasteiger partial charge in [0, 0.05) is 19.4 Å². The van der Waals surface area contributed by atoms with Gasteiger partial charge in [0.15, 0.2) is 5.00 Å². The first-order valence-electron chi connectivity index (χ1n) is 6.46. The van der Waals surface area contributed by atoms with Crippen molar-refractivity contribution in [3.05, 3.63) is 44.8 Å². The predicted octanol–water partition coefficient (Wildman–Crippen LogP) is 2.34. The quantitative estimate of drug-likeness (QED) is 0.642. The van der Waals surface area contributed by atoms with Gasteiger partial charge in [0.25, 0.3) is 0 Å². The summed E-state index contributed by atoms with van der Waals surface area (Å²) in [5, 5.41) is 20.9. The Hall–Kier alpha value is -2.55. The van der Waals surface area contributed by atoms with Crippen LogP contribution in [0.15, 0.2) is 18.5 Å². The molecule has 2 heterocycles. The Kier molecular flexibility index (Phi) is 4.66. The highest BCUT2D eigenvalue weighted by Gasteiger charge is 2.31. The van der Waals surface area contributed by atoms with Gasteiger partial charge in [-0.05, 0) is 12.5 Å². The minimum absolute atomic E-state index is 0.00466. The van der Waals surface area contributed by atoms with Crippen LogP contribution in [0.3, 0.4) is 0 Å². The molecule has 1 N–H and O–H groups in total. The van der Waals surface area contributed by atoms with Crippen LogP contribution < -0.4 is 4.90 Å². The number of carboxylic acids is 1. The van der Waals surface area contributed by atoms with Gasteiger partial charge in [-0.2, -0.15) is 0 Å². The predicted molar refractivity (Wildman–Crippen MR) is 81.4 cm³/mol. The number of carboxylic acid groups (broad SMARTS) is 1. The van der Waals surface area contributed by atoms with Gasteiger partial charge in [0.05, 0.1) is 17.0 Å². The molecular formula is C13H14N4O4S. The van der Waals surface area contributed by atoms with Gasteiger partial charge in [-0.1, -0.05) is 6.92 Å². The number of hydrogen-bond donors (Lipinski definition) is 1. The standard InChI is InChI=1S/C13H14N4O4S/c1-3-8-10(17(20)21)12(22-11(8)13(18)19)16(2)7-9-14-5-4-6-15-9/h4-6H,3,7H2,1-2H3,(H,18,19). The van der Waals surface area contributed by atoms with E-state index < -0.39 is 10.9 Å². The maximum atomic E-state index is 11.4. The summed E-state index contributed by atoms with van der Waals surface area (Å²) in [5.41, 5.74) is 0.0988. The fourth-order valence-corrected chi connectivity index (χ4v) is 3.25. The van der Waals surface area contributed by atoms with E-state index in [0.717, 1.165) is 11.3 Å². The smallest absolute Gasteiger partial charge is 0.346 e. The summed E-state index contributed by atoms with van der Waals surface area (Å²) in [4.78, 5) is 31.9. The number of rotatable bonds is 6. The summed E-state index contributed by atoms with van der Waals surface area (Å²) < 4.78 is 0. The number of hydrogen-bond acceptors (Lipinski definition) is 7. The average Bonchev–Trinajstić information content (AvgIpc) is 2.88. The molecule has 0 fully saturated rings. The lowest BCUT2D eigenvalue weighted by molar-refractivity contribution is -0.384. The molecule has 0 spiro atoms. The molecule has 0 aliphatic carbocycles. The van der Waals surface area contributed by atoms with Crippen LogP contribution in [0.5, 0.6) is 0 Å². The summed E-state index contributed by atoms with van der Waals surface area (Å²) in [5.74, 6) is -0.650. The first-order valence-corrected chi connectivity index (χ1v) is 7.27. The van der Waals surface area contributed by atoms with Crippen molar-refractivity contribution in [3.8, 4) is 0 Å². The van der Waals surface area contributed by atoms with E-state index in [4.69, 9.17) is 0 Å². The summed E-state index contributed by atoms with van der Waals surface area (Å²) in [6.45, 7) is 1.95. The van der Waals surface area contributed by atoms with Gasteiger partial charge < -0.3 is 10.0 Å². The third kappa shape index (κ3) is 3.03. The molecule has 0 atom stereocenters. The Labute approximate surface area is 130 Å². The van der Waals surface area contributed by atoms with E-state index in [9.17, 15) is 20.0 Å². The lowest BCUT2D eigenvalue weighted by atomic mass is 10.1. The molecule has 8 nitrogen and oxygen atoms in total. The van der Waals surface area contributed by atoms with E-state index >= 15 is 0 Å². The van der Waals surface area contributed by atoms with Crippen LogP contribution in [0.25, 0.3) is 0 Å². The molecule has 0 amide bonds. The van der Waals surface area contributed by atoms with E-state index in [1.165, 1.54) is 0 Å². The Balaban J connectivity index is 2.45. The van der Waals surface area contributed by atoms with E-state index in [-0.39, 0.29) is 29.1 Å². The van der Waals surface area contributed by atoms with E-state index in [1.807, 2.05) is 0 Å². The lowest BCUT2D eigenvalue weighted by Crippen LogP contribution is -2.18. The summed E-state index contributed by atoms with van der Waals surface area (Å²) >= 11 is 0.904. The first kappa shape index (κ1) is 15.8. The second-order valence-corrected chi connectivity index (χ2v) is 5.50. The molecule has 0 unspecified atom stereocenters. The highest BCUT2D eigenvalue weighted by molar-refractivity contribution is 7.18. The SMILES string of the molecule is CCc1c(C(=O)O)sc(N(C)Cc2ncccn2)c1[N+](=O)[O-]. The number of aromatic nitrogens is 2. The van der Waals surface area contributed by atoms with Crippen LogP contribution in [-0.2, 0) is 13.0 Å². The molecule has 0 radical (unpaired) electrons. The van der Waals surface area contributed by atoms with Gasteiger partial charge >= 0.3 is 11.7 Å². The van der Waals surface area contributed by atoms with Crippen molar-refractivity contribution in [1.82, 2.24) is 9.97 Å². The van der Waals surface area contributed by atoms with Crippen LogP contribution in [0.1, 0.15) is 28.0 Å². The molecular weight excluding hydrogens is 308 g/mol. The Bertz CT molecular complexity index is 702. The molecule has 0 aliphatic rings. The largest absolute Gasteiger partial charge is 0.477 e. The van der Waals surface area contributed by atoms with Crippen LogP contribution in [0, 0.1) is 10.1 Å². The number of carbonyl (C=O) groups is 1. The molecule has 2 aromatic heterocycles. The van der Waals surface area contributed by atoms with Crippen LogP contribution in [0.4, 0.5) is 10.7 Å². The van der Waals surface area contributed by atoms with Gasteiger partial charge in [-0.25, -0.2) is 14.8 Å². The van der Waals surface area contributed by atoms with E-state index in [2.05, 4.69) is 9.97 Å². The molecule has 0 bridgehead atoms. The maximum absolute atomic E-state index is 11.4. The monoisotopic (exact) mass is 322 g/mol. The van der Waals surface area contributed by atoms with Crippen molar-refractivity contribution in [3.63, 3.8) is 0 Å². The number of thiophene rings is 1. The molecule has 0 aliphatic heterocycles. The zero-order valence-electron chi connectivity index (χ0n) is 12.0. The minimum Gasteiger partial charge on any atom is -0.477 e. The third-order valence-corrected chi connectivity index (χ3v) is 4.36. The van der Waals surface area contributed by atoms with Gasteiger partial charge in [0.2, 0.25) is 0 Å². The first-order chi connectivity index (χ1) is 10.5.